The smallest absolute Gasteiger partial charge is 0.204 e. The number of rotatable bonds is 7. The summed E-state index contributed by atoms with van der Waals surface area (Å²) in [6.45, 7) is 0.356. The van der Waals surface area contributed by atoms with E-state index in [-0.39, 0.29) is 13.2 Å². The van der Waals surface area contributed by atoms with Crippen LogP contribution in [0.4, 0.5) is 0 Å². The summed E-state index contributed by atoms with van der Waals surface area (Å²) < 4.78 is 5.68. The molecule has 0 aliphatic carbocycles. The zero-order chi connectivity index (χ0) is 19.2. The normalized spacial score (nSPS) is 11.9. The first-order chi connectivity index (χ1) is 13.8. The molecule has 4 aromatic rings. The summed E-state index contributed by atoms with van der Waals surface area (Å²) in [4.78, 5) is 1.38. The van der Waals surface area contributed by atoms with Gasteiger partial charge in [0.15, 0.2) is 0 Å². The number of aliphatic hydroxyl groups is 1. The molecule has 1 atom stereocenters. The minimum absolute atomic E-state index is 0.146. The van der Waals surface area contributed by atoms with E-state index >= 15 is 0 Å². The Morgan fingerprint density at radius 3 is 2.07 bits per heavy atom. The van der Waals surface area contributed by atoms with Gasteiger partial charge in [-0.3, -0.25) is 0 Å². The predicted octanol–water partition coefficient (Wildman–Crippen LogP) is 3.45. The van der Waals surface area contributed by atoms with E-state index in [0.29, 0.717) is 11.6 Å². The van der Waals surface area contributed by atoms with E-state index in [1.54, 1.807) is 0 Å². The largest absolute Gasteiger partial charge is 0.491 e. The fourth-order valence-corrected chi connectivity index (χ4v) is 2.83. The highest BCUT2D eigenvalue weighted by atomic mass is 16.5. The van der Waals surface area contributed by atoms with Gasteiger partial charge >= 0.3 is 0 Å². The molecule has 6 heteroatoms. The van der Waals surface area contributed by atoms with Crippen molar-refractivity contribution in [2.45, 2.75) is 12.6 Å². The Labute approximate surface area is 163 Å². The zero-order valence-electron chi connectivity index (χ0n) is 15.2. The molecule has 1 heterocycles. The van der Waals surface area contributed by atoms with Gasteiger partial charge in [-0.1, -0.05) is 72.8 Å². The van der Waals surface area contributed by atoms with Crippen LogP contribution in [-0.2, 0) is 6.54 Å². The Kier molecular flexibility index (Phi) is 5.40. The van der Waals surface area contributed by atoms with Crippen molar-refractivity contribution in [3.63, 3.8) is 0 Å². The molecular formula is C22H20N4O2. The Bertz CT molecular complexity index is 1000. The average Bonchev–Trinajstić information content (AvgIpc) is 3.22. The van der Waals surface area contributed by atoms with E-state index in [2.05, 4.69) is 27.5 Å². The van der Waals surface area contributed by atoms with Gasteiger partial charge in [-0.25, -0.2) is 0 Å². The van der Waals surface area contributed by atoms with Crippen LogP contribution in [0.5, 0.6) is 5.75 Å². The quantitative estimate of drug-likeness (QED) is 0.538. The van der Waals surface area contributed by atoms with Gasteiger partial charge in [-0.05, 0) is 28.5 Å². The highest BCUT2D eigenvalue weighted by Gasteiger charge is 2.11. The fourth-order valence-electron chi connectivity index (χ4n) is 2.83. The lowest BCUT2D eigenvalue weighted by Crippen LogP contribution is -2.24. The molecular weight excluding hydrogens is 352 g/mol. The maximum atomic E-state index is 10.2. The number of aromatic nitrogens is 4. The van der Waals surface area contributed by atoms with Crippen LogP contribution in [-0.4, -0.2) is 38.0 Å². The molecule has 0 saturated heterocycles. The van der Waals surface area contributed by atoms with Crippen molar-refractivity contribution in [1.29, 1.82) is 0 Å². The zero-order valence-corrected chi connectivity index (χ0v) is 15.2. The molecule has 0 radical (unpaired) electrons. The monoisotopic (exact) mass is 372 g/mol. The first-order valence-electron chi connectivity index (χ1n) is 9.07. The van der Waals surface area contributed by atoms with Crippen LogP contribution in [0.3, 0.4) is 0 Å². The van der Waals surface area contributed by atoms with Crippen LogP contribution < -0.4 is 4.74 Å². The number of hydrogen-bond acceptors (Lipinski definition) is 5. The van der Waals surface area contributed by atoms with Crippen molar-refractivity contribution in [3.05, 3.63) is 84.9 Å². The lowest BCUT2D eigenvalue weighted by atomic mass is 10.1. The minimum Gasteiger partial charge on any atom is -0.491 e. The first-order valence-corrected chi connectivity index (χ1v) is 9.07. The van der Waals surface area contributed by atoms with Gasteiger partial charge in [0.2, 0.25) is 5.82 Å². The van der Waals surface area contributed by atoms with Gasteiger partial charge in [0.25, 0.3) is 0 Å². The topological polar surface area (TPSA) is 73.1 Å². The van der Waals surface area contributed by atoms with Gasteiger partial charge in [-0.15, -0.1) is 10.2 Å². The van der Waals surface area contributed by atoms with Gasteiger partial charge in [0.05, 0.1) is 6.54 Å². The molecule has 28 heavy (non-hydrogen) atoms. The maximum Gasteiger partial charge on any atom is 0.204 e. The van der Waals surface area contributed by atoms with E-state index in [4.69, 9.17) is 4.74 Å². The van der Waals surface area contributed by atoms with Crippen LogP contribution in [0.15, 0.2) is 84.9 Å². The van der Waals surface area contributed by atoms with Crippen molar-refractivity contribution in [1.82, 2.24) is 20.2 Å². The van der Waals surface area contributed by atoms with Crippen LogP contribution >= 0.6 is 0 Å². The fraction of sp³-hybridized carbons (Fsp3) is 0.136. The van der Waals surface area contributed by atoms with Crippen molar-refractivity contribution in [3.8, 4) is 28.3 Å². The predicted molar refractivity (Wildman–Crippen MR) is 107 cm³/mol. The van der Waals surface area contributed by atoms with Crippen LogP contribution in [0.2, 0.25) is 0 Å². The lowest BCUT2D eigenvalue weighted by molar-refractivity contribution is 0.0850. The van der Waals surface area contributed by atoms with Gasteiger partial charge in [-0.2, -0.15) is 4.80 Å². The molecule has 4 rings (SSSR count). The van der Waals surface area contributed by atoms with Crippen molar-refractivity contribution >= 4 is 0 Å². The molecule has 0 aliphatic rings. The van der Waals surface area contributed by atoms with E-state index < -0.39 is 6.10 Å². The molecule has 0 spiro atoms. The van der Waals surface area contributed by atoms with Crippen LogP contribution in [0, 0.1) is 0 Å². The highest BCUT2D eigenvalue weighted by molar-refractivity contribution is 5.63. The molecule has 140 valence electrons. The molecule has 1 unspecified atom stereocenters. The number of nitrogens with zero attached hydrogens (tertiary/aromatic N) is 4. The summed E-state index contributed by atoms with van der Waals surface area (Å²) in [5.74, 6) is 1.24. The molecule has 1 N–H and O–H groups in total. The SMILES string of the molecule is OC(COc1ccc(-c2ccccc2)cc1)Cn1nnc(-c2ccccc2)n1. The number of tetrazole rings is 1. The Morgan fingerprint density at radius 2 is 1.39 bits per heavy atom. The highest BCUT2D eigenvalue weighted by Crippen LogP contribution is 2.22. The molecule has 0 saturated carbocycles. The summed E-state index contributed by atoms with van der Waals surface area (Å²) in [6, 6.07) is 27.6. The number of aliphatic hydroxyl groups excluding tert-OH is 1. The first kappa shape index (κ1) is 17.9. The molecule has 6 nitrogen and oxygen atoms in total. The summed E-state index contributed by atoms with van der Waals surface area (Å²) in [5.41, 5.74) is 3.16. The molecule has 0 amide bonds. The second-order valence-electron chi connectivity index (χ2n) is 6.39. The van der Waals surface area contributed by atoms with Crippen molar-refractivity contribution in [2.24, 2.45) is 0 Å². The van der Waals surface area contributed by atoms with Crippen molar-refractivity contribution in [2.75, 3.05) is 6.61 Å². The third-order valence-corrected chi connectivity index (χ3v) is 4.26. The standard InChI is InChI=1S/C22H20N4O2/c27-20(15-26-24-22(23-25-26)19-9-5-2-6-10-19)16-28-21-13-11-18(12-14-21)17-7-3-1-4-8-17/h1-14,20,27H,15-16H2. The van der Waals surface area contributed by atoms with Gasteiger partial charge in [0.1, 0.15) is 18.5 Å². The number of ether oxygens (including phenoxy) is 1. The van der Waals surface area contributed by atoms with E-state index in [9.17, 15) is 5.11 Å². The Hall–Kier alpha value is -3.51. The summed E-state index contributed by atoms with van der Waals surface area (Å²) in [6.07, 6.45) is -0.744. The number of benzene rings is 3. The Morgan fingerprint density at radius 1 is 0.786 bits per heavy atom. The molecule has 3 aromatic carbocycles. The van der Waals surface area contributed by atoms with Gasteiger partial charge < -0.3 is 9.84 Å². The van der Waals surface area contributed by atoms with Gasteiger partial charge in [0, 0.05) is 5.56 Å². The summed E-state index contributed by atoms with van der Waals surface area (Å²) in [5, 5.41) is 22.5. The summed E-state index contributed by atoms with van der Waals surface area (Å²) >= 11 is 0. The molecule has 0 fully saturated rings. The van der Waals surface area contributed by atoms with Crippen LogP contribution in [0.1, 0.15) is 0 Å². The minimum atomic E-state index is -0.744. The second-order valence-corrected chi connectivity index (χ2v) is 6.39. The third-order valence-electron chi connectivity index (χ3n) is 4.26. The maximum absolute atomic E-state index is 10.2. The molecule has 0 bridgehead atoms. The molecule has 1 aromatic heterocycles. The summed E-state index contributed by atoms with van der Waals surface area (Å²) in [7, 11) is 0. The average molecular weight is 372 g/mol. The Balaban J connectivity index is 1.31. The van der Waals surface area contributed by atoms with Crippen molar-refractivity contribution < 1.29 is 9.84 Å². The number of hydrogen-bond donors (Lipinski definition) is 1. The molecule has 0 aliphatic heterocycles. The lowest BCUT2D eigenvalue weighted by Gasteiger charge is -2.12. The van der Waals surface area contributed by atoms with E-state index in [1.165, 1.54) is 4.80 Å². The van der Waals surface area contributed by atoms with E-state index in [1.807, 2.05) is 72.8 Å². The van der Waals surface area contributed by atoms with Crippen LogP contribution in [0.25, 0.3) is 22.5 Å². The van der Waals surface area contributed by atoms with E-state index in [0.717, 1.165) is 16.7 Å². The third kappa shape index (κ3) is 4.42. The second kappa shape index (κ2) is 8.45.